The maximum atomic E-state index is 14.8. The van der Waals surface area contributed by atoms with E-state index in [4.69, 9.17) is 28.4 Å². The highest BCUT2D eigenvalue weighted by Gasteiger charge is 2.61. The van der Waals surface area contributed by atoms with Crippen LogP contribution < -0.4 is 29.0 Å². The molecular formula is C40H44N4O9S. The van der Waals surface area contributed by atoms with E-state index in [0.29, 0.717) is 71.4 Å². The highest BCUT2D eigenvalue weighted by molar-refractivity contribution is 7.99. The Morgan fingerprint density at radius 1 is 1.04 bits per heavy atom. The van der Waals surface area contributed by atoms with Crippen molar-refractivity contribution in [1.82, 2.24) is 15.1 Å². The first kappa shape index (κ1) is 35.2. The van der Waals surface area contributed by atoms with Crippen molar-refractivity contribution in [2.45, 2.75) is 74.6 Å². The number of likely N-dealkylation sites (N-methyl/N-ethyl adjacent to an activating group) is 1. The van der Waals surface area contributed by atoms with E-state index in [0.717, 1.165) is 27.8 Å². The third-order valence-corrected chi connectivity index (χ3v) is 14.0. The fraction of sp³-hybridized carbons (Fsp3) is 0.500. The number of nitrogens with zero attached hydrogens (tertiary/aromatic N) is 3. The molecule has 13 nitrogen and oxygen atoms in total. The van der Waals surface area contributed by atoms with Crippen LogP contribution in [0.25, 0.3) is 0 Å². The van der Waals surface area contributed by atoms with Gasteiger partial charge in [0.25, 0.3) is 0 Å². The molecule has 0 amide bonds. The molecular weight excluding hydrogens is 713 g/mol. The lowest BCUT2D eigenvalue weighted by molar-refractivity contribution is -0.157. The highest BCUT2D eigenvalue weighted by atomic mass is 32.2. The van der Waals surface area contributed by atoms with Crippen LogP contribution in [0.1, 0.15) is 68.8 Å². The number of nitriles is 1. The number of ether oxygens (including phenoxy) is 6. The van der Waals surface area contributed by atoms with E-state index >= 15 is 0 Å². The minimum Gasteiger partial charge on any atom is -0.507 e. The zero-order valence-corrected chi connectivity index (χ0v) is 32.0. The van der Waals surface area contributed by atoms with Crippen molar-refractivity contribution in [2.75, 3.05) is 53.6 Å². The Kier molecular flexibility index (Phi) is 8.31. The molecule has 2 saturated heterocycles. The lowest BCUT2D eigenvalue weighted by Gasteiger charge is -2.62. The van der Waals surface area contributed by atoms with Crippen LogP contribution in [0, 0.1) is 25.2 Å². The lowest BCUT2D eigenvalue weighted by atomic mass is 9.71. The third-order valence-electron chi connectivity index (χ3n) is 12.5. The summed E-state index contributed by atoms with van der Waals surface area (Å²) in [5.74, 6) is 2.41. The van der Waals surface area contributed by atoms with Crippen LogP contribution >= 0.6 is 11.8 Å². The highest BCUT2D eigenvalue weighted by Crippen LogP contribution is 2.64. The second kappa shape index (κ2) is 12.8. The number of phenols is 2. The van der Waals surface area contributed by atoms with Gasteiger partial charge in [-0.1, -0.05) is 6.07 Å². The third kappa shape index (κ3) is 4.65. The minimum atomic E-state index is -1.27. The number of hydrogen-bond donors (Lipinski definition) is 3. The Morgan fingerprint density at radius 2 is 1.83 bits per heavy atom. The van der Waals surface area contributed by atoms with Gasteiger partial charge < -0.3 is 38.6 Å². The van der Waals surface area contributed by atoms with Crippen LogP contribution in [-0.4, -0.2) is 97.7 Å². The summed E-state index contributed by atoms with van der Waals surface area (Å²) in [4.78, 5) is 19.2. The first-order valence-corrected chi connectivity index (χ1v) is 19.5. The quantitative estimate of drug-likeness (QED) is 0.321. The molecule has 54 heavy (non-hydrogen) atoms. The van der Waals surface area contributed by atoms with Crippen molar-refractivity contribution in [3.8, 4) is 46.3 Å². The molecule has 7 aliphatic heterocycles. The molecule has 7 heterocycles. The van der Waals surface area contributed by atoms with E-state index in [2.05, 4.69) is 27.3 Å². The van der Waals surface area contributed by atoms with Crippen molar-refractivity contribution in [3.63, 3.8) is 0 Å². The van der Waals surface area contributed by atoms with Gasteiger partial charge in [-0.05, 0) is 75.0 Å². The van der Waals surface area contributed by atoms with Gasteiger partial charge in [-0.15, -0.1) is 11.8 Å². The largest absolute Gasteiger partial charge is 0.507 e. The van der Waals surface area contributed by atoms with E-state index in [1.807, 2.05) is 40.0 Å². The number of benzene rings is 3. The van der Waals surface area contributed by atoms with Crippen molar-refractivity contribution in [3.05, 3.63) is 62.7 Å². The average molecular weight is 757 g/mol. The number of carbonyl (C=O) groups excluding carboxylic acids is 1. The summed E-state index contributed by atoms with van der Waals surface area (Å²) in [6.45, 7) is 6.48. The number of nitrogens with one attached hydrogen (secondary N) is 1. The topological polar surface area (TPSA) is 155 Å². The molecule has 7 atom stereocenters. The fourth-order valence-electron chi connectivity index (χ4n) is 10.2. The van der Waals surface area contributed by atoms with Crippen molar-refractivity contribution >= 4 is 17.7 Å². The number of thioether (sulfide) groups is 1. The molecule has 0 radical (unpaired) electrons. The Morgan fingerprint density at radius 3 is 2.57 bits per heavy atom. The van der Waals surface area contributed by atoms with Crippen LogP contribution in [0.3, 0.4) is 0 Å². The number of carbonyl (C=O) groups is 1. The van der Waals surface area contributed by atoms with Gasteiger partial charge in [-0.25, -0.2) is 4.79 Å². The average Bonchev–Trinajstić information content (AvgIpc) is 3.65. The molecule has 3 aromatic rings. The molecule has 10 rings (SSSR count). The van der Waals surface area contributed by atoms with Crippen molar-refractivity contribution in [1.29, 1.82) is 5.26 Å². The summed E-state index contributed by atoms with van der Waals surface area (Å²) in [6.07, 6.45) is 1.19. The second-order valence-electron chi connectivity index (χ2n) is 14.9. The van der Waals surface area contributed by atoms with Gasteiger partial charge >= 0.3 is 5.97 Å². The Hall–Kier alpha value is -4.55. The number of esters is 1. The number of phenolic OH excluding ortho intramolecular Hbond substituents is 2. The van der Waals surface area contributed by atoms with E-state index < -0.39 is 40.9 Å². The van der Waals surface area contributed by atoms with Gasteiger partial charge in [0.05, 0.1) is 44.2 Å². The standard InChI is InChI=1S/C40H44N4O9S/c1-7-50-27-12-20-8-9-42-40(22(20)13-26(27)48-5)16-54-38-30-29(37-36(52-17-53-37)19(3)33(30)45)25(15-51-39(40)47)44-24(14-41)23-11-21-10-18(2)35(49-6)34(46)28(21)31(32(38)44)43(23)4/h10,12-13,23-25,31-32,38,42,45-46H,7-9,11,15-17H2,1-6H3/t23-,24-,25-,31-,32?,38+,40+/m0/s1. The van der Waals surface area contributed by atoms with E-state index in [1.54, 1.807) is 14.2 Å². The maximum absolute atomic E-state index is 14.8. The maximum Gasteiger partial charge on any atom is 0.331 e. The molecule has 0 aromatic heterocycles. The van der Waals surface area contributed by atoms with Gasteiger partial charge in [0, 0.05) is 46.6 Å². The molecule has 14 heteroatoms. The SMILES string of the molecule is CCOc1cc2c(cc1OC)[C@@]1(CS[C@@H]3c4c(O)c(C)c5c(c4[C@H](COC1=O)N1C3[C@@H]3c4c(cc(C)c(OC)c4O)C[C@@H]([C@@H]1C#N)N3C)OCO5)NCC2. The number of methoxy groups -OCH3 is 2. The Balaban J connectivity index is 1.29. The van der Waals surface area contributed by atoms with Gasteiger partial charge in [-0.3, -0.25) is 15.1 Å². The monoisotopic (exact) mass is 756 g/mol. The number of aryl methyl sites for hydroxylation is 1. The summed E-state index contributed by atoms with van der Waals surface area (Å²) in [5, 5.41) is 38.4. The van der Waals surface area contributed by atoms with Crippen LogP contribution in [0.4, 0.5) is 0 Å². The van der Waals surface area contributed by atoms with Gasteiger partial charge in [0.1, 0.15) is 18.4 Å². The smallest absolute Gasteiger partial charge is 0.331 e. The molecule has 1 spiro atoms. The first-order valence-electron chi connectivity index (χ1n) is 18.4. The van der Waals surface area contributed by atoms with Crippen LogP contribution in [0.5, 0.6) is 40.2 Å². The number of aromatic hydroxyl groups is 2. The lowest BCUT2D eigenvalue weighted by Crippen LogP contribution is -2.69. The van der Waals surface area contributed by atoms with Crippen molar-refractivity contribution in [2.24, 2.45) is 0 Å². The van der Waals surface area contributed by atoms with Crippen LogP contribution in [0.2, 0.25) is 0 Å². The van der Waals surface area contributed by atoms with Gasteiger partial charge in [0.2, 0.25) is 6.79 Å². The summed E-state index contributed by atoms with van der Waals surface area (Å²) in [6, 6.07) is 6.06. The molecule has 0 aliphatic carbocycles. The molecule has 284 valence electrons. The summed E-state index contributed by atoms with van der Waals surface area (Å²) >= 11 is 1.53. The van der Waals surface area contributed by atoms with Gasteiger partial charge in [-0.2, -0.15) is 5.26 Å². The predicted molar refractivity (Wildman–Crippen MR) is 198 cm³/mol. The molecule has 7 aliphatic rings. The Labute approximate surface area is 318 Å². The molecule has 3 aromatic carbocycles. The van der Waals surface area contributed by atoms with E-state index in [1.165, 1.54) is 11.8 Å². The summed E-state index contributed by atoms with van der Waals surface area (Å²) < 4.78 is 36.0. The minimum absolute atomic E-state index is 0.0226. The number of piperazine rings is 1. The van der Waals surface area contributed by atoms with Crippen molar-refractivity contribution < 1.29 is 43.4 Å². The van der Waals surface area contributed by atoms with Crippen LogP contribution in [0.15, 0.2) is 18.2 Å². The number of hydrogen-bond acceptors (Lipinski definition) is 14. The van der Waals surface area contributed by atoms with E-state index in [-0.39, 0.29) is 36.7 Å². The molecule has 0 saturated carbocycles. The zero-order chi connectivity index (χ0) is 37.8. The second-order valence-corrected chi connectivity index (χ2v) is 16.1. The van der Waals surface area contributed by atoms with Gasteiger partial charge in [0.15, 0.2) is 40.0 Å². The Bertz CT molecular complexity index is 2140. The predicted octanol–water partition coefficient (Wildman–Crippen LogP) is 4.46. The zero-order valence-electron chi connectivity index (χ0n) is 31.1. The van der Waals surface area contributed by atoms with Crippen LogP contribution in [-0.2, 0) is 27.9 Å². The molecule has 1 unspecified atom stereocenters. The summed E-state index contributed by atoms with van der Waals surface area (Å²) in [5.41, 5.74) is 4.84. The normalized spacial score (nSPS) is 29.3. The number of rotatable bonds is 4. The molecule has 3 N–H and O–H groups in total. The molecule has 2 fully saturated rings. The molecule has 4 bridgehead atoms. The fourth-order valence-corrected chi connectivity index (χ4v) is 11.9. The van der Waals surface area contributed by atoms with E-state index in [9.17, 15) is 20.3 Å². The number of fused-ring (bicyclic) bond motifs is 9. The first-order chi connectivity index (χ1) is 26.1. The summed E-state index contributed by atoms with van der Waals surface area (Å²) in [7, 11) is 5.15.